The maximum atomic E-state index is 14.4. The van der Waals surface area contributed by atoms with E-state index in [-0.39, 0.29) is 18.3 Å². The summed E-state index contributed by atoms with van der Waals surface area (Å²) < 4.78 is 21.5. The average Bonchev–Trinajstić information content (AvgIpc) is 2.52. The van der Waals surface area contributed by atoms with E-state index in [9.17, 15) is 14.0 Å². The number of hydrogen-bond acceptors (Lipinski definition) is 4. The monoisotopic (exact) mass is 348 g/mol. The number of esters is 1. The van der Waals surface area contributed by atoms with Gasteiger partial charge < -0.3 is 15.0 Å². The highest BCUT2D eigenvalue weighted by Gasteiger charge is 2.22. The Morgan fingerprint density at radius 3 is 2.64 bits per heavy atom. The van der Waals surface area contributed by atoms with Crippen LogP contribution in [-0.4, -0.2) is 22.2 Å². The van der Waals surface area contributed by atoms with E-state index < -0.39 is 23.4 Å². The van der Waals surface area contributed by atoms with Crippen molar-refractivity contribution >= 4 is 16.9 Å². The molecule has 1 aromatic heterocycles. The summed E-state index contributed by atoms with van der Waals surface area (Å²) in [6.45, 7) is 7.92. The number of aryl methyl sites for hydroxylation is 2. The number of carbonyl (C=O) groups excluding carboxylic acids is 1. The highest BCUT2D eigenvalue weighted by molar-refractivity contribution is 5.80. The third kappa shape index (κ3) is 4.66. The third-order valence-corrected chi connectivity index (χ3v) is 3.92. The standard InChI is InChI=1S/C19H25FN2O3/c1-5-22-9-8-17(23)13-11-14(20)12(10-16(13)22)6-7-15(21)18(24)25-19(2,3)4/h8-11,15H,5-7,21H2,1-4H3. The molecular formula is C19H25FN2O3. The van der Waals surface area contributed by atoms with Crippen molar-refractivity contribution in [1.29, 1.82) is 0 Å². The van der Waals surface area contributed by atoms with Crippen LogP contribution in [0.15, 0.2) is 29.2 Å². The van der Waals surface area contributed by atoms with Crippen LogP contribution in [0.2, 0.25) is 0 Å². The molecule has 25 heavy (non-hydrogen) atoms. The van der Waals surface area contributed by atoms with Gasteiger partial charge in [0.1, 0.15) is 17.5 Å². The lowest BCUT2D eigenvalue weighted by Crippen LogP contribution is -2.37. The molecule has 0 aliphatic carbocycles. The molecule has 2 rings (SSSR count). The van der Waals surface area contributed by atoms with Gasteiger partial charge in [0, 0.05) is 24.2 Å². The Morgan fingerprint density at radius 1 is 1.36 bits per heavy atom. The Balaban J connectivity index is 2.23. The number of aromatic nitrogens is 1. The first-order chi connectivity index (χ1) is 11.6. The first kappa shape index (κ1) is 19.1. The predicted molar refractivity (Wildman–Crippen MR) is 96.0 cm³/mol. The summed E-state index contributed by atoms with van der Waals surface area (Å²) in [7, 11) is 0. The van der Waals surface area contributed by atoms with E-state index in [1.165, 1.54) is 12.1 Å². The van der Waals surface area contributed by atoms with Crippen LogP contribution in [0.1, 0.15) is 39.7 Å². The Bertz CT molecular complexity index is 837. The lowest BCUT2D eigenvalue weighted by molar-refractivity contribution is -0.156. The molecule has 0 spiro atoms. The minimum atomic E-state index is -0.821. The molecule has 0 bridgehead atoms. The van der Waals surface area contributed by atoms with Crippen LogP contribution in [0.5, 0.6) is 0 Å². The second-order valence-corrected chi connectivity index (χ2v) is 7.11. The number of nitrogens with two attached hydrogens (primary N) is 1. The molecule has 0 fully saturated rings. The zero-order valence-corrected chi connectivity index (χ0v) is 15.1. The van der Waals surface area contributed by atoms with Gasteiger partial charge in [0.2, 0.25) is 0 Å². The molecule has 136 valence electrons. The molecule has 1 atom stereocenters. The van der Waals surface area contributed by atoms with Crippen LogP contribution >= 0.6 is 0 Å². The summed E-state index contributed by atoms with van der Waals surface area (Å²) in [6, 6.07) is 3.54. The predicted octanol–water partition coefficient (Wildman–Crippen LogP) is 2.76. The topological polar surface area (TPSA) is 74.3 Å². The fourth-order valence-corrected chi connectivity index (χ4v) is 2.64. The molecule has 0 saturated carbocycles. The summed E-state index contributed by atoms with van der Waals surface area (Å²) in [5, 5.41) is 0.349. The van der Waals surface area contributed by atoms with E-state index in [0.29, 0.717) is 23.0 Å². The highest BCUT2D eigenvalue weighted by Crippen LogP contribution is 2.19. The Kier molecular flexibility index (Phi) is 5.62. The van der Waals surface area contributed by atoms with Gasteiger partial charge in [0.25, 0.3) is 0 Å². The van der Waals surface area contributed by atoms with Gasteiger partial charge in [-0.3, -0.25) is 9.59 Å². The molecule has 2 aromatic rings. The van der Waals surface area contributed by atoms with Gasteiger partial charge in [-0.2, -0.15) is 0 Å². The van der Waals surface area contributed by atoms with Gasteiger partial charge in [-0.1, -0.05) is 0 Å². The van der Waals surface area contributed by atoms with Crippen molar-refractivity contribution in [2.75, 3.05) is 0 Å². The molecule has 5 nitrogen and oxygen atoms in total. The number of rotatable bonds is 5. The van der Waals surface area contributed by atoms with Crippen molar-refractivity contribution in [2.45, 2.75) is 58.7 Å². The minimum Gasteiger partial charge on any atom is -0.459 e. The molecule has 2 N–H and O–H groups in total. The third-order valence-electron chi connectivity index (χ3n) is 3.92. The van der Waals surface area contributed by atoms with Crippen LogP contribution in [0.4, 0.5) is 4.39 Å². The van der Waals surface area contributed by atoms with Crippen LogP contribution in [0.3, 0.4) is 0 Å². The molecule has 0 radical (unpaired) electrons. The molecule has 6 heteroatoms. The normalized spacial score (nSPS) is 13.0. The average molecular weight is 348 g/mol. The fraction of sp³-hybridized carbons (Fsp3) is 0.474. The Morgan fingerprint density at radius 2 is 2.04 bits per heavy atom. The lowest BCUT2D eigenvalue weighted by atomic mass is 10.0. The number of carbonyl (C=O) groups is 1. The second-order valence-electron chi connectivity index (χ2n) is 7.11. The van der Waals surface area contributed by atoms with Crippen molar-refractivity contribution < 1.29 is 13.9 Å². The number of halogens is 1. The van der Waals surface area contributed by atoms with Crippen LogP contribution < -0.4 is 11.2 Å². The molecule has 0 amide bonds. The van der Waals surface area contributed by atoms with Gasteiger partial charge in [-0.15, -0.1) is 0 Å². The van der Waals surface area contributed by atoms with E-state index in [4.69, 9.17) is 10.5 Å². The van der Waals surface area contributed by atoms with Gasteiger partial charge in [-0.25, -0.2) is 4.39 Å². The number of nitrogens with zero attached hydrogens (tertiary/aromatic N) is 1. The summed E-state index contributed by atoms with van der Waals surface area (Å²) >= 11 is 0. The number of hydrogen-bond donors (Lipinski definition) is 1. The molecular weight excluding hydrogens is 323 g/mol. The summed E-state index contributed by atoms with van der Waals surface area (Å²) in [4.78, 5) is 23.9. The summed E-state index contributed by atoms with van der Waals surface area (Å²) in [6.07, 6.45) is 2.24. The van der Waals surface area contributed by atoms with E-state index in [1.807, 2.05) is 11.5 Å². The van der Waals surface area contributed by atoms with Crippen molar-refractivity contribution in [1.82, 2.24) is 4.57 Å². The second kappa shape index (κ2) is 7.35. The first-order valence-corrected chi connectivity index (χ1v) is 8.42. The molecule has 1 unspecified atom stereocenters. The highest BCUT2D eigenvalue weighted by atomic mass is 19.1. The van der Waals surface area contributed by atoms with E-state index in [2.05, 4.69) is 0 Å². The van der Waals surface area contributed by atoms with E-state index >= 15 is 0 Å². The molecule has 1 heterocycles. The Hall–Kier alpha value is -2.21. The largest absolute Gasteiger partial charge is 0.459 e. The van der Waals surface area contributed by atoms with Gasteiger partial charge in [0.05, 0.1) is 5.52 Å². The summed E-state index contributed by atoms with van der Waals surface area (Å²) in [5.41, 5.74) is 6.15. The SMILES string of the molecule is CCn1ccc(=O)c2cc(F)c(CCC(N)C(=O)OC(C)(C)C)cc21. The van der Waals surface area contributed by atoms with Crippen molar-refractivity contribution in [3.63, 3.8) is 0 Å². The van der Waals surface area contributed by atoms with Gasteiger partial charge >= 0.3 is 5.97 Å². The fourth-order valence-electron chi connectivity index (χ4n) is 2.64. The maximum absolute atomic E-state index is 14.4. The number of fused-ring (bicyclic) bond motifs is 1. The molecule has 0 aliphatic heterocycles. The zero-order valence-electron chi connectivity index (χ0n) is 15.1. The molecule has 0 saturated heterocycles. The molecule has 1 aromatic carbocycles. The van der Waals surface area contributed by atoms with Crippen molar-refractivity contribution in [3.8, 4) is 0 Å². The lowest BCUT2D eigenvalue weighted by Gasteiger charge is -2.22. The number of ether oxygens (including phenoxy) is 1. The van der Waals surface area contributed by atoms with Crippen molar-refractivity contribution in [3.05, 3.63) is 46.0 Å². The smallest absolute Gasteiger partial charge is 0.323 e. The van der Waals surface area contributed by atoms with E-state index in [0.717, 1.165) is 0 Å². The van der Waals surface area contributed by atoms with Crippen molar-refractivity contribution in [2.24, 2.45) is 5.73 Å². The van der Waals surface area contributed by atoms with Crippen LogP contribution in [-0.2, 0) is 22.5 Å². The van der Waals surface area contributed by atoms with E-state index in [1.54, 1.807) is 33.0 Å². The number of pyridine rings is 1. The van der Waals surface area contributed by atoms with Gasteiger partial charge in [-0.05, 0) is 58.2 Å². The quantitative estimate of drug-likeness (QED) is 0.843. The van der Waals surface area contributed by atoms with Crippen LogP contribution in [0, 0.1) is 5.82 Å². The van der Waals surface area contributed by atoms with Gasteiger partial charge in [0.15, 0.2) is 5.43 Å². The summed E-state index contributed by atoms with van der Waals surface area (Å²) in [5.74, 6) is -0.964. The molecule has 0 aliphatic rings. The first-order valence-electron chi connectivity index (χ1n) is 8.42. The van der Waals surface area contributed by atoms with Crippen LogP contribution in [0.25, 0.3) is 10.9 Å². The maximum Gasteiger partial charge on any atom is 0.323 e. The Labute approximate surface area is 146 Å². The number of benzene rings is 1. The zero-order chi connectivity index (χ0) is 18.8. The minimum absolute atomic E-state index is 0.212.